The highest BCUT2D eigenvalue weighted by molar-refractivity contribution is 6.21. The number of fused-ring (bicyclic) bond motifs is 1. The minimum absolute atomic E-state index is 0.0630. The van der Waals surface area contributed by atoms with Gasteiger partial charge in [0.1, 0.15) is 5.75 Å². The fraction of sp³-hybridized carbons (Fsp3) is 0.533. The van der Waals surface area contributed by atoms with Gasteiger partial charge in [-0.15, -0.1) is 11.6 Å². The molecular formula is C15H18ClNO2. The van der Waals surface area contributed by atoms with Gasteiger partial charge in [-0.1, -0.05) is 18.2 Å². The first kappa shape index (κ1) is 12.8. The summed E-state index contributed by atoms with van der Waals surface area (Å²) in [5.74, 6) is 1.000. The zero-order valence-corrected chi connectivity index (χ0v) is 11.6. The molecule has 0 bridgehead atoms. The standard InChI is InChI=1S/C15H18ClNO2/c16-11-4-3-8-17(10-11)15(18)13-7-9-19-14-6-2-1-5-12(13)14/h1-2,5-6,11,13H,3-4,7-10H2. The van der Waals surface area contributed by atoms with Gasteiger partial charge >= 0.3 is 0 Å². The Morgan fingerprint density at radius 3 is 3.00 bits per heavy atom. The van der Waals surface area contributed by atoms with E-state index >= 15 is 0 Å². The molecule has 0 N–H and O–H groups in total. The predicted molar refractivity (Wildman–Crippen MR) is 74.8 cm³/mol. The van der Waals surface area contributed by atoms with Crippen LogP contribution >= 0.6 is 11.6 Å². The van der Waals surface area contributed by atoms with Crippen LogP contribution in [0.4, 0.5) is 0 Å². The number of amides is 1. The highest BCUT2D eigenvalue weighted by Crippen LogP contribution is 2.35. The average Bonchev–Trinajstić information content (AvgIpc) is 2.46. The predicted octanol–water partition coefficient (Wildman–Crippen LogP) is 2.78. The molecule has 2 unspecified atom stereocenters. The van der Waals surface area contributed by atoms with Gasteiger partial charge in [-0.25, -0.2) is 0 Å². The van der Waals surface area contributed by atoms with Gasteiger partial charge in [-0.3, -0.25) is 4.79 Å². The zero-order valence-electron chi connectivity index (χ0n) is 10.8. The summed E-state index contributed by atoms with van der Waals surface area (Å²) in [7, 11) is 0. The van der Waals surface area contributed by atoms with Crippen LogP contribution in [0.3, 0.4) is 0 Å². The molecule has 0 saturated carbocycles. The fourth-order valence-corrected chi connectivity index (χ4v) is 3.27. The van der Waals surface area contributed by atoms with Crippen molar-refractivity contribution in [2.75, 3.05) is 19.7 Å². The Kier molecular flexibility index (Phi) is 3.65. The number of alkyl halides is 1. The van der Waals surface area contributed by atoms with E-state index in [1.807, 2.05) is 29.2 Å². The Morgan fingerprint density at radius 2 is 2.16 bits per heavy atom. The summed E-state index contributed by atoms with van der Waals surface area (Å²) in [5.41, 5.74) is 1.02. The second kappa shape index (κ2) is 5.41. The molecular weight excluding hydrogens is 262 g/mol. The van der Waals surface area contributed by atoms with Gasteiger partial charge in [0.2, 0.25) is 5.91 Å². The van der Waals surface area contributed by atoms with Crippen LogP contribution < -0.4 is 4.74 Å². The third kappa shape index (κ3) is 2.57. The van der Waals surface area contributed by atoms with E-state index < -0.39 is 0 Å². The number of carbonyl (C=O) groups excluding carboxylic acids is 1. The van der Waals surface area contributed by atoms with Crippen LogP contribution in [0.5, 0.6) is 5.75 Å². The second-order valence-corrected chi connectivity index (χ2v) is 5.87. The molecule has 1 saturated heterocycles. The van der Waals surface area contributed by atoms with Crippen LogP contribution in [0.1, 0.15) is 30.7 Å². The number of hydrogen-bond donors (Lipinski definition) is 0. The molecule has 102 valence electrons. The van der Waals surface area contributed by atoms with Crippen LogP contribution in [-0.2, 0) is 4.79 Å². The lowest BCUT2D eigenvalue weighted by molar-refractivity contribution is -0.134. The number of benzene rings is 1. The number of carbonyl (C=O) groups is 1. The normalized spacial score (nSPS) is 26.5. The van der Waals surface area contributed by atoms with Crippen LogP contribution in [0.2, 0.25) is 0 Å². The van der Waals surface area contributed by atoms with Crippen molar-refractivity contribution in [1.29, 1.82) is 0 Å². The summed E-state index contributed by atoms with van der Waals surface area (Å²) >= 11 is 6.18. The first-order valence-corrected chi connectivity index (χ1v) is 7.34. The molecule has 2 aliphatic rings. The molecule has 2 atom stereocenters. The third-order valence-electron chi connectivity index (χ3n) is 3.93. The van der Waals surface area contributed by atoms with E-state index in [0.29, 0.717) is 13.2 Å². The van der Waals surface area contributed by atoms with Crippen LogP contribution in [0, 0.1) is 0 Å². The topological polar surface area (TPSA) is 29.5 Å². The van der Waals surface area contributed by atoms with Gasteiger partial charge in [0.15, 0.2) is 0 Å². The lowest BCUT2D eigenvalue weighted by Gasteiger charge is -2.34. The monoisotopic (exact) mass is 279 g/mol. The number of rotatable bonds is 1. The van der Waals surface area contributed by atoms with E-state index in [-0.39, 0.29) is 17.2 Å². The van der Waals surface area contributed by atoms with E-state index in [1.54, 1.807) is 0 Å². The maximum atomic E-state index is 12.7. The van der Waals surface area contributed by atoms with Crippen LogP contribution in [-0.4, -0.2) is 35.9 Å². The summed E-state index contributed by atoms with van der Waals surface area (Å²) in [6.07, 6.45) is 2.78. The Morgan fingerprint density at radius 1 is 1.32 bits per heavy atom. The average molecular weight is 280 g/mol. The quantitative estimate of drug-likeness (QED) is 0.740. The summed E-state index contributed by atoms with van der Waals surface area (Å²) in [6.45, 7) is 2.13. The molecule has 2 aliphatic heterocycles. The number of hydrogen-bond acceptors (Lipinski definition) is 2. The number of piperidine rings is 1. The number of ether oxygens (including phenoxy) is 1. The molecule has 0 aromatic heterocycles. The lowest BCUT2D eigenvalue weighted by Crippen LogP contribution is -2.43. The zero-order chi connectivity index (χ0) is 13.2. The molecule has 1 aromatic carbocycles. The second-order valence-electron chi connectivity index (χ2n) is 5.25. The smallest absolute Gasteiger partial charge is 0.230 e. The molecule has 1 aromatic rings. The van der Waals surface area contributed by atoms with E-state index in [2.05, 4.69) is 0 Å². The van der Waals surface area contributed by atoms with Crippen molar-refractivity contribution in [2.45, 2.75) is 30.6 Å². The fourth-order valence-electron chi connectivity index (χ4n) is 2.94. The Balaban J connectivity index is 1.81. The van der Waals surface area contributed by atoms with Crippen molar-refractivity contribution in [1.82, 2.24) is 4.90 Å². The van der Waals surface area contributed by atoms with E-state index in [0.717, 1.165) is 37.1 Å². The van der Waals surface area contributed by atoms with Crippen molar-refractivity contribution in [3.8, 4) is 5.75 Å². The van der Waals surface area contributed by atoms with Gasteiger partial charge in [0.25, 0.3) is 0 Å². The number of nitrogens with zero attached hydrogens (tertiary/aromatic N) is 1. The lowest BCUT2D eigenvalue weighted by atomic mass is 9.91. The first-order valence-electron chi connectivity index (χ1n) is 6.90. The van der Waals surface area contributed by atoms with Crippen molar-refractivity contribution in [3.63, 3.8) is 0 Å². The van der Waals surface area contributed by atoms with Gasteiger partial charge in [-0.05, 0) is 25.3 Å². The van der Waals surface area contributed by atoms with E-state index in [9.17, 15) is 4.79 Å². The highest BCUT2D eigenvalue weighted by Gasteiger charge is 2.32. The molecule has 3 rings (SSSR count). The SMILES string of the molecule is O=C(C1CCOc2ccccc21)N1CCCC(Cl)C1. The first-order chi connectivity index (χ1) is 9.25. The summed E-state index contributed by atoms with van der Waals surface area (Å²) < 4.78 is 5.62. The molecule has 1 amide bonds. The molecule has 1 fully saturated rings. The summed E-state index contributed by atoms with van der Waals surface area (Å²) in [5, 5.41) is 0.104. The van der Waals surface area contributed by atoms with E-state index in [1.165, 1.54) is 0 Å². The Hall–Kier alpha value is -1.22. The Bertz CT molecular complexity index is 477. The maximum Gasteiger partial charge on any atom is 0.230 e. The van der Waals surface area contributed by atoms with Crippen molar-refractivity contribution in [2.24, 2.45) is 0 Å². The highest BCUT2D eigenvalue weighted by atomic mass is 35.5. The number of likely N-dealkylation sites (tertiary alicyclic amines) is 1. The largest absolute Gasteiger partial charge is 0.493 e. The minimum Gasteiger partial charge on any atom is -0.493 e. The van der Waals surface area contributed by atoms with Crippen molar-refractivity contribution < 1.29 is 9.53 Å². The van der Waals surface area contributed by atoms with Crippen molar-refractivity contribution >= 4 is 17.5 Å². The summed E-state index contributed by atoms with van der Waals surface area (Å²) in [4.78, 5) is 14.6. The molecule has 0 spiro atoms. The number of halogens is 1. The molecule has 0 aliphatic carbocycles. The molecule has 19 heavy (non-hydrogen) atoms. The van der Waals surface area contributed by atoms with E-state index in [4.69, 9.17) is 16.3 Å². The van der Waals surface area contributed by atoms with Gasteiger partial charge < -0.3 is 9.64 Å². The maximum absolute atomic E-state index is 12.7. The minimum atomic E-state index is -0.0630. The molecule has 0 radical (unpaired) electrons. The van der Waals surface area contributed by atoms with Gasteiger partial charge in [0.05, 0.1) is 17.9 Å². The number of para-hydroxylation sites is 1. The van der Waals surface area contributed by atoms with Crippen LogP contribution in [0.25, 0.3) is 0 Å². The van der Waals surface area contributed by atoms with Crippen molar-refractivity contribution in [3.05, 3.63) is 29.8 Å². The van der Waals surface area contributed by atoms with Gasteiger partial charge in [-0.2, -0.15) is 0 Å². The molecule has 4 heteroatoms. The van der Waals surface area contributed by atoms with Crippen LogP contribution in [0.15, 0.2) is 24.3 Å². The third-order valence-corrected chi connectivity index (χ3v) is 4.29. The Labute approximate surface area is 118 Å². The molecule has 3 nitrogen and oxygen atoms in total. The van der Waals surface area contributed by atoms with Gasteiger partial charge in [0, 0.05) is 18.7 Å². The molecule has 2 heterocycles. The summed E-state index contributed by atoms with van der Waals surface area (Å²) in [6, 6.07) is 7.85.